The van der Waals surface area contributed by atoms with Crippen molar-refractivity contribution in [3.05, 3.63) is 29.8 Å². The molecule has 0 fully saturated rings. The van der Waals surface area contributed by atoms with E-state index in [1.54, 1.807) is 0 Å². The lowest BCUT2D eigenvalue weighted by atomic mass is 10.1. The predicted octanol–water partition coefficient (Wildman–Crippen LogP) is 2.49. The molecule has 0 aliphatic heterocycles. The molecule has 3 nitrogen and oxygen atoms in total. The quantitative estimate of drug-likeness (QED) is 0.738. The molecule has 0 bridgehead atoms. The molecule has 0 aliphatic carbocycles. The minimum atomic E-state index is 0.148. The van der Waals surface area contributed by atoms with E-state index in [1.807, 2.05) is 31.2 Å². The van der Waals surface area contributed by atoms with Crippen molar-refractivity contribution < 1.29 is 9.90 Å². The average Bonchev–Trinajstić information content (AvgIpc) is 2.38. The maximum atomic E-state index is 11.5. The molecular formula is C14H21NO2. The van der Waals surface area contributed by atoms with Crippen LogP contribution in [0.1, 0.15) is 37.0 Å². The van der Waals surface area contributed by atoms with Gasteiger partial charge in [0.2, 0.25) is 0 Å². The van der Waals surface area contributed by atoms with Crippen molar-refractivity contribution in [3.8, 4) is 0 Å². The third-order valence-electron chi connectivity index (χ3n) is 2.74. The second kappa shape index (κ2) is 7.07. The Kier molecular flexibility index (Phi) is 5.70. The maximum absolute atomic E-state index is 11.5. The van der Waals surface area contributed by atoms with Gasteiger partial charge in [0.15, 0.2) is 5.78 Å². The molecule has 0 unspecified atom stereocenters. The second-order valence-corrected chi connectivity index (χ2v) is 4.03. The Morgan fingerprint density at radius 3 is 2.29 bits per heavy atom. The Labute approximate surface area is 103 Å². The Balaban J connectivity index is 2.80. The summed E-state index contributed by atoms with van der Waals surface area (Å²) in [6.45, 7) is 5.68. The summed E-state index contributed by atoms with van der Waals surface area (Å²) in [4.78, 5) is 13.6. The lowest BCUT2D eigenvalue weighted by Crippen LogP contribution is -2.27. The lowest BCUT2D eigenvalue weighted by Gasteiger charge is -2.23. The predicted molar refractivity (Wildman–Crippen MR) is 70.7 cm³/mol. The highest BCUT2D eigenvalue weighted by atomic mass is 16.3. The molecule has 17 heavy (non-hydrogen) atoms. The van der Waals surface area contributed by atoms with Gasteiger partial charge in [-0.05, 0) is 30.7 Å². The topological polar surface area (TPSA) is 40.5 Å². The van der Waals surface area contributed by atoms with Crippen LogP contribution in [0.3, 0.4) is 0 Å². The smallest absolute Gasteiger partial charge is 0.162 e. The van der Waals surface area contributed by atoms with Gasteiger partial charge in [0.1, 0.15) is 0 Å². The maximum Gasteiger partial charge on any atom is 0.162 e. The van der Waals surface area contributed by atoms with Gasteiger partial charge in [-0.3, -0.25) is 4.79 Å². The number of nitrogens with zero attached hydrogens (tertiary/aromatic N) is 1. The Morgan fingerprint density at radius 1 is 1.18 bits per heavy atom. The first kappa shape index (κ1) is 13.7. The minimum absolute atomic E-state index is 0.148. The molecule has 0 spiro atoms. The molecule has 0 atom stereocenters. The zero-order valence-corrected chi connectivity index (χ0v) is 10.6. The van der Waals surface area contributed by atoms with Gasteiger partial charge in [0.05, 0.1) is 6.61 Å². The van der Waals surface area contributed by atoms with Gasteiger partial charge in [-0.1, -0.05) is 13.8 Å². The number of hydrogen-bond donors (Lipinski definition) is 1. The van der Waals surface area contributed by atoms with Crippen LogP contribution in [0.5, 0.6) is 0 Å². The van der Waals surface area contributed by atoms with Gasteiger partial charge in [0, 0.05) is 30.8 Å². The van der Waals surface area contributed by atoms with Gasteiger partial charge in [-0.25, -0.2) is 0 Å². The van der Waals surface area contributed by atoms with E-state index >= 15 is 0 Å². The fourth-order valence-electron chi connectivity index (χ4n) is 1.82. The number of benzene rings is 1. The molecule has 3 heteroatoms. The third-order valence-corrected chi connectivity index (χ3v) is 2.74. The van der Waals surface area contributed by atoms with Crippen LogP contribution in [-0.2, 0) is 0 Å². The van der Waals surface area contributed by atoms with Crippen LogP contribution in [0.4, 0.5) is 5.69 Å². The van der Waals surface area contributed by atoms with E-state index in [9.17, 15) is 4.79 Å². The van der Waals surface area contributed by atoms with Crippen LogP contribution in [0.2, 0.25) is 0 Å². The first-order chi connectivity index (χ1) is 8.22. The van der Waals surface area contributed by atoms with E-state index in [4.69, 9.17) is 5.11 Å². The number of rotatable bonds is 7. The number of anilines is 1. The summed E-state index contributed by atoms with van der Waals surface area (Å²) in [5, 5.41) is 9.01. The molecule has 0 radical (unpaired) electrons. The first-order valence-corrected chi connectivity index (χ1v) is 6.22. The second-order valence-electron chi connectivity index (χ2n) is 4.03. The molecular weight excluding hydrogens is 214 g/mol. The SMILES string of the molecule is CCCN(CCO)c1ccc(C(=O)CC)cc1. The summed E-state index contributed by atoms with van der Waals surface area (Å²) in [6.07, 6.45) is 1.57. The van der Waals surface area contributed by atoms with Crippen molar-refractivity contribution in [1.82, 2.24) is 0 Å². The number of Topliss-reactive ketones (excluding diaryl/α,β-unsaturated/α-hetero) is 1. The number of aliphatic hydroxyl groups excluding tert-OH is 1. The Bertz CT molecular complexity index is 340. The fourth-order valence-corrected chi connectivity index (χ4v) is 1.82. The molecule has 1 aromatic carbocycles. The van der Waals surface area contributed by atoms with Gasteiger partial charge in [-0.2, -0.15) is 0 Å². The van der Waals surface area contributed by atoms with Crippen molar-refractivity contribution in [3.63, 3.8) is 0 Å². The standard InChI is InChI=1S/C14H21NO2/c1-3-9-15(10-11-16)13-7-5-12(6-8-13)14(17)4-2/h5-8,16H,3-4,9-11H2,1-2H3. The van der Waals surface area contributed by atoms with Crippen LogP contribution in [0.15, 0.2) is 24.3 Å². The monoisotopic (exact) mass is 235 g/mol. The summed E-state index contributed by atoms with van der Waals surface area (Å²) in [5.41, 5.74) is 1.82. The highest BCUT2D eigenvalue weighted by molar-refractivity contribution is 5.96. The summed E-state index contributed by atoms with van der Waals surface area (Å²) in [7, 11) is 0. The van der Waals surface area contributed by atoms with E-state index in [1.165, 1.54) is 0 Å². The lowest BCUT2D eigenvalue weighted by molar-refractivity contribution is 0.0988. The number of carbonyl (C=O) groups is 1. The number of ketones is 1. The molecule has 0 aliphatic rings. The molecule has 0 saturated carbocycles. The molecule has 0 amide bonds. The van der Waals surface area contributed by atoms with Crippen molar-refractivity contribution in [1.29, 1.82) is 0 Å². The zero-order chi connectivity index (χ0) is 12.7. The fraction of sp³-hybridized carbons (Fsp3) is 0.500. The molecule has 0 saturated heterocycles. The number of hydrogen-bond acceptors (Lipinski definition) is 3. The normalized spacial score (nSPS) is 10.3. The summed E-state index contributed by atoms with van der Waals surface area (Å²) >= 11 is 0. The van der Waals surface area contributed by atoms with Crippen molar-refractivity contribution in [2.45, 2.75) is 26.7 Å². The molecule has 0 aromatic heterocycles. The van der Waals surface area contributed by atoms with Crippen molar-refractivity contribution >= 4 is 11.5 Å². The molecule has 1 aromatic rings. The molecule has 1 rings (SSSR count). The number of aliphatic hydroxyl groups is 1. The average molecular weight is 235 g/mol. The highest BCUT2D eigenvalue weighted by Crippen LogP contribution is 2.16. The van der Waals surface area contributed by atoms with E-state index < -0.39 is 0 Å². The summed E-state index contributed by atoms with van der Waals surface area (Å²) in [6, 6.07) is 7.63. The third kappa shape index (κ3) is 3.86. The van der Waals surface area contributed by atoms with Crippen molar-refractivity contribution in [2.75, 3.05) is 24.6 Å². The Hall–Kier alpha value is -1.35. The van der Waals surface area contributed by atoms with E-state index in [-0.39, 0.29) is 12.4 Å². The highest BCUT2D eigenvalue weighted by Gasteiger charge is 2.06. The van der Waals surface area contributed by atoms with Crippen LogP contribution < -0.4 is 4.90 Å². The summed E-state index contributed by atoms with van der Waals surface area (Å²) in [5.74, 6) is 0.167. The van der Waals surface area contributed by atoms with E-state index in [0.717, 1.165) is 24.2 Å². The Morgan fingerprint density at radius 2 is 1.82 bits per heavy atom. The van der Waals surface area contributed by atoms with Gasteiger partial charge < -0.3 is 10.0 Å². The largest absolute Gasteiger partial charge is 0.395 e. The van der Waals surface area contributed by atoms with Gasteiger partial charge >= 0.3 is 0 Å². The minimum Gasteiger partial charge on any atom is -0.395 e. The number of carbonyl (C=O) groups excluding carboxylic acids is 1. The van der Waals surface area contributed by atoms with Gasteiger partial charge in [0.25, 0.3) is 0 Å². The van der Waals surface area contributed by atoms with E-state index in [2.05, 4.69) is 11.8 Å². The first-order valence-electron chi connectivity index (χ1n) is 6.22. The molecule has 94 valence electrons. The molecule has 0 heterocycles. The van der Waals surface area contributed by atoms with Gasteiger partial charge in [-0.15, -0.1) is 0 Å². The van der Waals surface area contributed by atoms with Crippen LogP contribution >= 0.6 is 0 Å². The summed E-state index contributed by atoms with van der Waals surface area (Å²) < 4.78 is 0. The van der Waals surface area contributed by atoms with Crippen LogP contribution in [0, 0.1) is 0 Å². The van der Waals surface area contributed by atoms with Crippen LogP contribution in [-0.4, -0.2) is 30.6 Å². The van der Waals surface area contributed by atoms with Crippen molar-refractivity contribution in [2.24, 2.45) is 0 Å². The van der Waals surface area contributed by atoms with Crippen LogP contribution in [0.25, 0.3) is 0 Å². The zero-order valence-electron chi connectivity index (χ0n) is 10.6. The molecule has 1 N–H and O–H groups in total. The van der Waals surface area contributed by atoms with E-state index in [0.29, 0.717) is 13.0 Å².